The Morgan fingerprint density at radius 1 is 1.33 bits per heavy atom. The van der Waals surface area contributed by atoms with Crippen LogP contribution in [-0.4, -0.2) is 10.5 Å². The van der Waals surface area contributed by atoms with E-state index in [1.165, 1.54) is 23.5 Å². The van der Waals surface area contributed by atoms with Gasteiger partial charge in [0.25, 0.3) is 5.91 Å². The molecule has 0 spiro atoms. The maximum atomic E-state index is 14.1. The van der Waals surface area contributed by atoms with Crippen LogP contribution in [0.5, 0.6) is 0 Å². The van der Waals surface area contributed by atoms with Crippen molar-refractivity contribution in [2.45, 2.75) is 6.54 Å². The number of carbonyl (C=O) groups is 1. The van der Waals surface area contributed by atoms with Gasteiger partial charge in [0, 0.05) is 6.54 Å². The molecule has 0 aliphatic carbocycles. The average Bonchev–Trinajstić information content (AvgIpc) is 2.86. The molecule has 1 aromatic heterocycles. The maximum absolute atomic E-state index is 14.1. The van der Waals surface area contributed by atoms with Crippen LogP contribution >= 0.6 is 22.9 Å². The number of fused-ring (bicyclic) bond motifs is 1. The topological polar surface area (TPSA) is 34.4 Å². The predicted octanol–water partition coefficient (Wildman–Crippen LogP) is 4.56. The molecule has 7 heteroatoms. The van der Waals surface area contributed by atoms with Crippen LogP contribution < -0.4 is 4.80 Å². The lowest BCUT2D eigenvalue weighted by molar-refractivity contribution is 0.0998. The molecule has 0 atom stereocenters. The molecule has 0 bridgehead atoms. The summed E-state index contributed by atoms with van der Waals surface area (Å²) in [5, 5.41) is -0.0219. The van der Waals surface area contributed by atoms with E-state index in [0.717, 1.165) is 12.1 Å². The summed E-state index contributed by atoms with van der Waals surface area (Å²) in [7, 11) is 0. The predicted molar refractivity (Wildman–Crippen MR) is 91.3 cm³/mol. The van der Waals surface area contributed by atoms with Crippen molar-refractivity contribution in [1.82, 2.24) is 4.57 Å². The second-order valence-corrected chi connectivity index (χ2v) is 6.33. The highest BCUT2D eigenvalue weighted by molar-refractivity contribution is 7.16. The number of carbonyl (C=O) groups excluding carboxylic acids is 1. The normalized spacial score (nSPS) is 11.9. The molecule has 0 N–H and O–H groups in total. The fourth-order valence-corrected chi connectivity index (χ4v) is 3.58. The third-order valence-corrected chi connectivity index (χ3v) is 4.68. The lowest BCUT2D eigenvalue weighted by atomic mass is 10.2. The molecule has 1 amide bonds. The van der Waals surface area contributed by atoms with Crippen molar-refractivity contribution in [2.24, 2.45) is 4.99 Å². The number of nitrogens with zero attached hydrogens (tertiary/aromatic N) is 2. The van der Waals surface area contributed by atoms with E-state index in [4.69, 9.17) is 11.6 Å². The molecule has 0 saturated carbocycles. The van der Waals surface area contributed by atoms with Gasteiger partial charge in [-0.3, -0.25) is 4.79 Å². The molecule has 0 fully saturated rings. The highest BCUT2D eigenvalue weighted by Crippen LogP contribution is 2.21. The van der Waals surface area contributed by atoms with Crippen LogP contribution in [0.15, 0.2) is 54.0 Å². The highest BCUT2D eigenvalue weighted by atomic mass is 35.5. The van der Waals surface area contributed by atoms with Gasteiger partial charge in [0.05, 0.1) is 20.8 Å². The summed E-state index contributed by atoms with van der Waals surface area (Å²) < 4.78 is 29.4. The Balaban J connectivity index is 2.19. The third kappa shape index (κ3) is 3.02. The molecule has 0 unspecified atom stereocenters. The van der Waals surface area contributed by atoms with Crippen LogP contribution in [0.1, 0.15) is 10.4 Å². The highest BCUT2D eigenvalue weighted by Gasteiger charge is 2.13. The largest absolute Gasteiger partial charge is 0.310 e. The van der Waals surface area contributed by atoms with Gasteiger partial charge in [0.2, 0.25) is 0 Å². The van der Waals surface area contributed by atoms with Crippen LogP contribution in [-0.2, 0) is 6.54 Å². The van der Waals surface area contributed by atoms with Crippen molar-refractivity contribution in [3.63, 3.8) is 0 Å². The Bertz CT molecular complexity index is 1020. The number of allylic oxidation sites excluding steroid dienone is 1. The molecule has 3 aromatic rings. The second kappa shape index (κ2) is 6.67. The van der Waals surface area contributed by atoms with Gasteiger partial charge in [-0.25, -0.2) is 8.78 Å². The van der Waals surface area contributed by atoms with Gasteiger partial charge in [-0.2, -0.15) is 4.99 Å². The molecule has 3 nitrogen and oxygen atoms in total. The number of hydrogen-bond donors (Lipinski definition) is 0. The number of benzene rings is 2. The van der Waals surface area contributed by atoms with E-state index >= 15 is 0 Å². The van der Waals surface area contributed by atoms with Crippen molar-refractivity contribution >= 4 is 39.1 Å². The molecule has 0 saturated heterocycles. The summed E-state index contributed by atoms with van der Waals surface area (Å²) in [4.78, 5) is 16.7. The summed E-state index contributed by atoms with van der Waals surface area (Å²) in [6, 6.07) is 8.14. The van der Waals surface area contributed by atoms with E-state index in [9.17, 15) is 13.6 Å². The Hall–Kier alpha value is -2.31. The Labute approximate surface area is 145 Å². The van der Waals surface area contributed by atoms with Crippen molar-refractivity contribution in [1.29, 1.82) is 0 Å². The number of para-hydroxylation sites is 1. The van der Waals surface area contributed by atoms with Gasteiger partial charge in [-0.1, -0.05) is 35.1 Å². The molecule has 24 heavy (non-hydrogen) atoms. The molecule has 1 heterocycles. The fourth-order valence-electron chi connectivity index (χ4n) is 2.28. The Kier molecular flexibility index (Phi) is 4.59. The molecule has 0 radical (unpaired) electrons. The zero-order valence-electron chi connectivity index (χ0n) is 12.3. The summed E-state index contributed by atoms with van der Waals surface area (Å²) >= 11 is 7.08. The first-order valence-electron chi connectivity index (χ1n) is 6.94. The van der Waals surface area contributed by atoms with Gasteiger partial charge in [-0.15, -0.1) is 6.58 Å². The number of hydrogen-bond acceptors (Lipinski definition) is 2. The standard InChI is InChI=1S/C17H11ClF2N2OS/c1-2-8-22-15-13(20)4-3-5-14(15)24-17(22)21-16(23)11-7-6-10(19)9-12(11)18/h2-7,9H,1,8H2. The van der Waals surface area contributed by atoms with Crippen molar-refractivity contribution in [2.75, 3.05) is 0 Å². The first-order valence-corrected chi connectivity index (χ1v) is 8.13. The van der Waals surface area contributed by atoms with Crippen LogP contribution in [0, 0.1) is 11.6 Å². The zero-order valence-corrected chi connectivity index (χ0v) is 13.9. The zero-order chi connectivity index (χ0) is 17.3. The van der Waals surface area contributed by atoms with Crippen LogP contribution in [0.4, 0.5) is 8.78 Å². The summed E-state index contributed by atoms with van der Waals surface area (Å²) in [6.07, 6.45) is 1.59. The Morgan fingerprint density at radius 2 is 2.12 bits per heavy atom. The Morgan fingerprint density at radius 3 is 2.83 bits per heavy atom. The number of rotatable bonds is 3. The van der Waals surface area contributed by atoms with Crippen molar-refractivity contribution in [3.8, 4) is 0 Å². The maximum Gasteiger partial charge on any atom is 0.281 e. The number of thiazole rings is 1. The number of amides is 1. The van der Waals surface area contributed by atoms with E-state index < -0.39 is 17.5 Å². The summed E-state index contributed by atoms with van der Waals surface area (Å²) in [5.74, 6) is -1.56. The quantitative estimate of drug-likeness (QED) is 0.627. The van der Waals surface area contributed by atoms with Gasteiger partial charge < -0.3 is 4.57 Å². The average molecular weight is 365 g/mol. The minimum atomic E-state index is -0.621. The minimum absolute atomic E-state index is 0.0219. The van der Waals surface area contributed by atoms with E-state index in [1.54, 1.807) is 22.8 Å². The van der Waals surface area contributed by atoms with Crippen LogP contribution in [0.2, 0.25) is 5.02 Å². The number of halogens is 3. The molecule has 0 aliphatic heterocycles. The molecule has 2 aromatic carbocycles. The van der Waals surface area contributed by atoms with Gasteiger partial charge in [0.15, 0.2) is 4.80 Å². The minimum Gasteiger partial charge on any atom is -0.310 e. The lowest BCUT2D eigenvalue weighted by Crippen LogP contribution is -2.17. The smallest absolute Gasteiger partial charge is 0.281 e. The first kappa shape index (κ1) is 16.5. The van der Waals surface area contributed by atoms with Crippen molar-refractivity contribution < 1.29 is 13.6 Å². The van der Waals surface area contributed by atoms with E-state index in [-0.39, 0.29) is 10.6 Å². The summed E-state index contributed by atoms with van der Waals surface area (Å²) in [5.41, 5.74) is 0.445. The molecule has 3 rings (SSSR count). The monoisotopic (exact) mass is 364 g/mol. The van der Waals surface area contributed by atoms with Gasteiger partial charge in [-0.05, 0) is 30.3 Å². The fraction of sp³-hybridized carbons (Fsp3) is 0.0588. The molecular formula is C17H11ClF2N2OS. The molecular weight excluding hydrogens is 354 g/mol. The number of aromatic nitrogens is 1. The van der Waals surface area contributed by atoms with Crippen LogP contribution in [0.3, 0.4) is 0 Å². The van der Waals surface area contributed by atoms with E-state index in [0.29, 0.717) is 21.6 Å². The van der Waals surface area contributed by atoms with E-state index in [2.05, 4.69) is 11.6 Å². The molecule has 0 aliphatic rings. The van der Waals surface area contributed by atoms with Crippen molar-refractivity contribution in [3.05, 3.63) is 76.1 Å². The summed E-state index contributed by atoms with van der Waals surface area (Å²) in [6.45, 7) is 3.94. The van der Waals surface area contributed by atoms with Gasteiger partial charge >= 0.3 is 0 Å². The lowest BCUT2D eigenvalue weighted by Gasteiger charge is -2.02. The molecule has 122 valence electrons. The SMILES string of the molecule is C=CCn1c(=NC(=O)c2ccc(F)cc2Cl)sc2cccc(F)c21. The van der Waals surface area contributed by atoms with Gasteiger partial charge in [0.1, 0.15) is 11.6 Å². The second-order valence-electron chi connectivity index (χ2n) is 4.91. The third-order valence-electron chi connectivity index (χ3n) is 3.32. The van der Waals surface area contributed by atoms with Crippen LogP contribution in [0.25, 0.3) is 10.2 Å². The first-order chi connectivity index (χ1) is 11.5. The van der Waals surface area contributed by atoms with E-state index in [1.807, 2.05) is 0 Å².